The van der Waals surface area contributed by atoms with E-state index in [9.17, 15) is 13.5 Å². The first-order chi connectivity index (χ1) is 10.4. The Hall–Kier alpha value is -1.93. The van der Waals surface area contributed by atoms with Crippen molar-refractivity contribution in [3.05, 3.63) is 36.9 Å². The molecular formula is C14H20ClN3O4S. The summed E-state index contributed by atoms with van der Waals surface area (Å²) in [6, 6.07) is 4.38. The molecule has 1 aromatic carbocycles. The number of aromatic nitrogens is 2. The molecule has 2 N–H and O–H groups in total. The summed E-state index contributed by atoms with van der Waals surface area (Å²) >= 11 is 0. The third-order valence-electron chi connectivity index (χ3n) is 3.12. The fraction of sp³-hybridized carbons (Fsp3) is 0.357. The maximum absolute atomic E-state index is 12.1. The molecule has 1 aromatic heterocycles. The van der Waals surface area contributed by atoms with Gasteiger partial charge in [0.1, 0.15) is 23.9 Å². The zero-order chi connectivity index (χ0) is 16.2. The number of ether oxygens (including phenoxy) is 1. The largest absolute Gasteiger partial charge is 1.00 e. The second kappa shape index (κ2) is 8.07. The summed E-state index contributed by atoms with van der Waals surface area (Å²) in [5, 5.41) is 9.71. The van der Waals surface area contributed by atoms with Crippen LogP contribution in [0, 0.1) is 0 Å². The highest BCUT2D eigenvalue weighted by molar-refractivity contribution is 7.92. The predicted molar refractivity (Wildman–Crippen MR) is 82.3 cm³/mol. The Balaban J connectivity index is 0.00000264. The third kappa shape index (κ3) is 5.65. The molecule has 0 radical (unpaired) electrons. The first-order valence-corrected chi connectivity index (χ1v) is 8.43. The number of halogens is 1. The van der Waals surface area contributed by atoms with Crippen molar-refractivity contribution in [2.45, 2.75) is 13.0 Å². The van der Waals surface area contributed by atoms with Crippen LogP contribution in [0.4, 0.5) is 5.69 Å². The molecule has 2 aromatic rings. The summed E-state index contributed by atoms with van der Waals surface area (Å²) < 4.78 is 35.3. The summed E-state index contributed by atoms with van der Waals surface area (Å²) in [5.74, 6) is 0.295. The highest BCUT2D eigenvalue weighted by Crippen LogP contribution is 2.28. The van der Waals surface area contributed by atoms with Gasteiger partial charge in [0.05, 0.1) is 32.1 Å². The number of sulfonamides is 1. The normalized spacial score (nSPS) is 10.9. The van der Waals surface area contributed by atoms with Gasteiger partial charge in [-0.05, 0) is 12.1 Å². The van der Waals surface area contributed by atoms with Gasteiger partial charge in [0.2, 0.25) is 16.4 Å². The van der Waals surface area contributed by atoms with E-state index in [4.69, 9.17) is 4.74 Å². The molecule has 0 aliphatic heterocycles. The number of hydrogen-bond acceptors (Lipinski definition) is 4. The Morgan fingerprint density at radius 1 is 1.39 bits per heavy atom. The predicted octanol–water partition coefficient (Wildman–Crippen LogP) is -2.14. The maximum Gasteiger partial charge on any atom is 0.243 e. The Morgan fingerprint density at radius 2 is 2.13 bits per heavy atom. The third-order valence-corrected chi connectivity index (χ3v) is 4.48. The minimum atomic E-state index is -3.53. The fourth-order valence-corrected chi connectivity index (χ4v) is 3.12. The molecule has 0 aliphatic carbocycles. The zero-order valence-corrected chi connectivity index (χ0v) is 14.5. The van der Waals surface area contributed by atoms with E-state index in [1.54, 1.807) is 6.07 Å². The number of aromatic hydroxyl groups is 1. The lowest BCUT2D eigenvalue weighted by molar-refractivity contribution is -0.671. The second-order valence-corrected chi connectivity index (χ2v) is 6.82. The van der Waals surface area contributed by atoms with Gasteiger partial charge in [-0.25, -0.2) is 17.6 Å². The van der Waals surface area contributed by atoms with Gasteiger partial charge in [0.25, 0.3) is 0 Å². The molecule has 0 spiro atoms. The number of aryl methyl sites for hydroxylation is 2. The minimum Gasteiger partial charge on any atom is -1.00 e. The molecule has 23 heavy (non-hydrogen) atoms. The second-order valence-electron chi connectivity index (χ2n) is 4.97. The minimum absolute atomic E-state index is 0. The maximum atomic E-state index is 12.1. The van der Waals surface area contributed by atoms with Crippen LogP contribution in [0.15, 0.2) is 36.9 Å². The van der Waals surface area contributed by atoms with Crippen molar-refractivity contribution in [3.8, 4) is 11.5 Å². The Morgan fingerprint density at radius 3 is 2.74 bits per heavy atom. The van der Waals surface area contributed by atoms with Gasteiger partial charge in [-0.15, -0.1) is 0 Å². The number of rotatable bonds is 7. The van der Waals surface area contributed by atoms with Gasteiger partial charge in [-0.3, -0.25) is 4.72 Å². The molecule has 0 bridgehead atoms. The van der Waals surface area contributed by atoms with E-state index in [2.05, 4.69) is 4.72 Å². The Labute approximate surface area is 142 Å². The Kier molecular flexibility index (Phi) is 6.71. The quantitative estimate of drug-likeness (QED) is 0.435. The van der Waals surface area contributed by atoms with E-state index in [1.165, 1.54) is 19.2 Å². The van der Waals surface area contributed by atoms with Crippen LogP contribution in [0.25, 0.3) is 0 Å². The summed E-state index contributed by atoms with van der Waals surface area (Å²) in [6.45, 7) is 0.603. The summed E-state index contributed by atoms with van der Waals surface area (Å²) in [6.07, 6.45) is 6.12. The van der Waals surface area contributed by atoms with Crippen molar-refractivity contribution in [3.63, 3.8) is 0 Å². The van der Waals surface area contributed by atoms with Crippen molar-refractivity contribution >= 4 is 15.7 Å². The van der Waals surface area contributed by atoms with Crippen LogP contribution in [-0.2, 0) is 23.6 Å². The number of imidazole rings is 1. The molecule has 1 heterocycles. The van der Waals surface area contributed by atoms with Crippen LogP contribution < -0.4 is 26.4 Å². The van der Waals surface area contributed by atoms with E-state index < -0.39 is 10.0 Å². The Bertz CT molecular complexity index is 746. The molecule has 0 saturated heterocycles. The average Bonchev–Trinajstić information content (AvgIpc) is 2.86. The smallest absolute Gasteiger partial charge is 0.243 e. The summed E-state index contributed by atoms with van der Waals surface area (Å²) in [5.41, 5.74) is 0.117. The summed E-state index contributed by atoms with van der Waals surface area (Å²) in [7, 11) is -0.154. The van der Waals surface area contributed by atoms with Crippen LogP contribution in [-0.4, -0.2) is 31.0 Å². The van der Waals surface area contributed by atoms with Crippen molar-refractivity contribution in [2.24, 2.45) is 7.05 Å². The zero-order valence-electron chi connectivity index (χ0n) is 12.9. The highest BCUT2D eigenvalue weighted by atomic mass is 35.5. The van der Waals surface area contributed by atoms with Crippen LogP contribution in [0.2, 0.25) is 0 Å². The standard InChI is InChI=1S/C14H19N3O4S.ClH/c1-16-7-8-17(11-16)6-3-9-22(19,20)15-13-10-12(21-2)4-5-14(13)18;/h4-5,7-8,10-11,15H,3,6,9H2,1-2H3;1H. The molecule has 9 heteroatoms. The van der Waals surface area contributed by atoms with E-state index in [-0.39, 0.29) is 29.6 Å². The molecule has 0 atom stereocenters. The van der Waals surface area contributed by atoms with Crippen LogP contribution in [0.5, 0.6) is 11.5 Å². The molecule has 0 unspecified atom stereocenters. The van der Waals surface area contributed by atoms with Crippen molar-refractivity contribution in [1.82, 2.24) is 4.57 Å². The van der Waals surface area contributed by atoms with Gasteiger partial charge in [-0.1, -0.05) is 0 Å². The monoisotopic (exact) mass is 361 g/mol. The number of nitrogens with one attached hydrogen (secondary N) is 1. The van der Waals surface area contributed by atoms with Crippen LogP contribution >= 0.6 is 0 Å². The number of hydrogen-bond donors (Lipinski definition) is 2. The average molecular weight is 362 g/mol. The van der Waals surface area contributed by atoms with Crippen molar-refractivity contribution in [1.29, 1.82) is 0 Å². The lowest BCUT2D eigenvalue weighted by Gasteiger charge is -2.10. The van der Waals surface area contributed by atoms with Gasteiger partial charge in [0, 0.05) is 12.5 Å². The fourth-order valence-electron chi connectivity index (χ4n) is 2.01. The number of nitrogens with zero attached hydrogens (tertiary/aromatic N) is 2. The lowest BCUT2D eigenvalue weighted by atomic mass is 10.3. The number of phenolic OH excluding ortho intramolecular Hbond substituents is 1. The van der Waals surface area contributed by atoms with E-state index in [0.29, 0.717) is 18.7 Å². The highest BCUT2D eigenvalue weighted by Gasteiger charge is 2.14. The molecule has 0 fully saturated rings. The van der Waals surface area contributed by atoms with Crippen LogP contribution in [0.1, 0.15) is 6.42 Å². The number of benzene rings is 1. The van der Waals surface area contributed by atoms with E-state index in [0.717, 1.165) is 0 Å². The van der Waals surface area contributed by atoms with E-state index >= 15 is 0 Å². The molecule has 128 valence electrons. The van der Waals surface area contributed by atoms with Gasteiger partial charge >= 0.3 is 0 Å². The summed E-state index contributed by atoms with van der Waals surface area (Å²) in [4.78, 5) is 0. The molecular weight excluding hydrogens is 342 g/mol. The van der Waals surface area contributed by atoms with E-state index in [1.807, 2.05) is 34.9 Å². The molecule has 2 rings (SSSR count). The molecule has 0 aliphatic rings. The molecule has 7 nitrogen and oxygen atoms in total. The van der Waals surface area contributed by atoms with Crippen molar-refractivity contribution in [2.75, 3.05) is 17.6 Å². The SMILES string of the molecule is COc1ccc(O)c(NS(=O)(=O)CCCn2cc[n+](C)c2)c1.[Cl-]. The van der Waals surface area contributed by atoms with Gasteiger partial charge < -0.3 is 22.3 Å². The van der Waals surface area contributed by atoms with Gasteiger partial charge in [-0.2, -0.15) is 0 Å². The van der Waals surface area contributed by atoms with Crippen LogP contribution in [0.3, 0.4) is 0 Å². The van der Waals surface area contributed by atoms with Gasteiger partial charge in [0.15, 0.2) is 0 Å². The molecule has 0 saturated carbocycles. The number of phenols is 1. The number of anilines is 1. The molecule has 0 amide bonds. The number of methoxy groups -OCH3 is 1. The van der Waals surface area contributed by atoms with Crippen molar-refractivity contribution < 1.29 is 35.2 Å². The first-order valence-electron chi connectivity index (χ1n) is 6.78. The topological polar surface area (TPSA) is 84.4 Å². The first kappa shape index (κ1) is 19.1. The lowest BCUT2D eigenvalue weighted by Crippen LogP contribution is -3.00.